The van der Waals surface area contributed by atoms with Crippen LogP contribution in [0, 0.1) is 11.6 Å². The van der Waals surface area contributed by atoms with Crippen LogP contribution in [0.25, 0.3) is 0 Å². The summed E-state index contributed by atoms with van der Waals surface area (Å²) in [7, 11) is 1.69. The molecule has 138 valence electrons. The van der Waals surface area contributed by atoms with Crippen molar-refractivity contribution in [3.63, 3.8) is 0 Å². The number of halogens is 3. The number of nitrogens with zero attached hydrogens (tertiary/aromatic N) is 1. The number of nitrogens with one attached hydrogen (secondary N) is 2. The first kappa shape index (κ1) is 21.6. The van der Waals surface area contributed by atoms with Crippen molar-refractivity contribution in [1.29, 1.82) is 0 Å². The van der Waals surface area contributed by atoms with Crippen LogP contribution >= 0.6 is 35.3 Å². The summed E-state index contributed by atoms with van der Waals surface area (Å²) in [6, 6.07) is 7.39. The van der Waals surface area contributed by atoms with Gasteiger partial charge in [0.1, 0.15) is 12.4 Å². The van der Waals surface area contributed by atoms with E-state index in [2.05, 4.69) is 34.0 Å². The highest BCUT2D eigenvalue weighted by atomic mass is 127. The van der Waals surface area contributed by atoms with Crippen molar-refractivity contribution >= 4 is 41.3 Å². The van der Waals surface area contributed by atoms with E-state index < -0.39 is 11.6 Å². The maximum absolute atomic E-state index is 13.4. The van der Waals surface area contributed by atoms with Gasteiger partial charge in [0.15, 0.2) is 17.5 Å². The average Bonchev–Trinajstić information content (AvgIpc) is 3.10. The second-order valence-corrected chi connectivity index (χ2v) is 6.20. The summed E-state index contributed by atoms with van der Waals surface area (Å²) in [5.74, 6) is -0.258. The first-order valence-corrected chi connectivity index (χ1v) is 8.54. The number of hydrogen-bond donors (Lipinski definition) is 2. The van der Waals surface area contributed by atoms with Crippen LogP contribution in [0.5, 0.6) is 5.75 Å². The van der Waals surface area contributed by atoms with E-state index in [-0.39, 0.29) is 36.3 Å². The van der Waals surface area contributed by atoms with Crippen molar-refractivity contribution in [2.75, 3.05) is 26.7 Å². The molecule has 1 atom stereocenters. The lowest BCUT2D eigenvalue weighted by Crippen LogP contribution is -2.40. The van der Waals surface area contributed by atoms with Crippen LogP contribution in [0.2, 0.25) is 0 Å². The van der Waals surface area contributed by atoms with Crippen molar-refractivity contribution < 1.29 is 13.5 Å². The largest absolute Gasteiger partial charge is 0.489 e. The summed E-state index contributed by atoms with van der Waals surface area (Å²) >= 11 is 1.73. The molecule has 2 N–H and O–H groups in total. The Balaban J connectivity index is 0.00000312. The van der Waals surface area contributed by atoms with Gasteiger partial charge in [0.05, 0.1) is 6.54 Å². The Labute approximate surface area is 167 Å². The molecule has 0 spiro atoms. The van der Waals surface area contributed by atoms with Gasteiger partial charge in [-0.25, -0.2) is 8.78 Å². The second kappa shape index (κ2) is 11.2. The van der Waals surface area contributed by atoms with Gasteiger partial charge in [-0.05, 0) is 23.6 Å². The third-order valence-corrected chi connectivity index (χ3v) is 4.48. The van der Waals surface area contributed by atoms with Crippen molar-refractivity contribution in [3.05, 3.63) is 52.2 Å². The third kappa shape index (κ3) is 7.15. The predicted octanol–water partition coefficient (Wildman–Crippen LogP) is 3.99. The maximum Gasteiger partial charge on any atom is 0.191 e. The fourth-order valence-electron chi connectivity index (χ4n) is 2.07. The number of ether oxygens (including phenoxy) is 1. The molecule has 8 heteroatoms. The highest BCUT2D eigenvalue weighted by molar-refractivity contribution is 14.0. The number of benzene rings is 1. The smallest absolute Gasteiger partial charge is 0.191 e. The third-order valence-electron chi connectivity index (χ3n) is 3.37. The summed E-state index contributed by atoms with van der Waals surface area (Å²) in [5, 5.41) is 8.39. The van der Waals surface area contributed by atoms with Gasteiger partial charge in [0.25, 0.3) is 0 Å². The second-order valence-electron chi connectivity index (χ2n) is 5.22. The summed E-state index contributed by atoms with van der Waals surface area (Å²) in [4.78, 5) is 5.45. The van der Waals surface area contributed by atoms with Crippen LogP contribution < -0.4 is 15.4 Å². The molecule has 0 bridgehead atoms. The van der Waals surface area contributed by atoms with Gasteiger partial charge >= 0.3 is 0 Å². The van der Waals surface area contributed by atoms with E-state index in [4.69, 9.17) is 4.74 Å². The monoisotopic (exact) mass is 481 g/mol. The number of guanidine groups is 1. The van der Waals surface area contributed by atoms with Crippen LogP contribution in [-0.4, -0.2) is 32.7 Å². The van der Waals surface area contributed by atoms with Gasteiger partial charge < -0.3 is 15.4 Å². The molecule has 1 aromatic heterocycles. The van der Waals surface area contributed by atoms with E-state index in [1.165, 1.54) is 10.9 Å². The van der Waals surface area contributed by atoms with E-state index in [0.29, 0.717) is 18.4 Å². The Kier molecular flexibility index (Phi) is 9.73. The van der Waals surface area contributed by atoms with Crippen molar-refractivity contribution in [2.45, 2.75) is 12.8 Å². The van der Waals surface area contributed by atoms with Gasteiger partial charge in [-0.1, -0.05) is 13.0 Å². The topological polar surface area (TPSA) is 45.7 Å². The molecule has 1 aromatic carbocycles. The summed E-state index contributed by atoms with van der Waals surface area (Å²) in [6.45, 7) is 3.59. The molecule has 1 unspecified atom stereocenters. The van der Waals surface area contributed by atoms with Crippen LogP contribution in [0.1, 0.15) is 17.7 Å². The van der Waals surface area contributed by atoms with E-state index in [1.807, 2.05) is 6.07 Å². The molecule has 0 radical (unpaired) electrons. The highest BCUT2D eigenvalue weighted by Crippen LogP contribution is 2.19. The Morgan fingerprint density at radius 3 is 2.72 bits per heavy atom. The average molecular weight is 481 g/mol. The highest BCUT2D eigenvalue weighted by Gasteiger charge is 2.08. The van der Waals surface area contributed by atoms with Gasteiger partial charge in [-0.2, -0.15) is 0 Å². The molecule has 1 heterocycles. The van der Waals surface area contributed by atoms with Gasteiger partial charge in [-0.15, -0.1) is 35.3 Å². The van der Waals surface area contributed by atoms with Crippen molar-refractivity contribution in [3.8, 4) is 5.75 Å². The molecule has 25 heavy (non-hydrogen) atoms. The molecule has 0 saturated heterocycles. The normalized spacial score (nSPS) is 12.2. The molecular weight excluding hydrogens is 459 g/mol. The number of hydrogen-bond acceptors (Lipinski definition) is 3. The van der Waals surface area contributed by atoms with Gasteiger partial charge in [-0.3, -0.25) is 4.99 Å². The van der Waals surface area contributed by atoms with E-state index in [1.54, 1.807) is 18.4 Å². The Hall–Kier alpha value is -1.42. The van der Waals surface area contributed by atoms with Crippen molar-refractivity contribution in [1.82, 2.24) is 10.6 Å². The first-order valence-electron chi connectivity index (χ1n) is 7.66. The van der Waals surface area contributed by atoms with Crippen LogP contribution in [0.3, 0.4) is 0 Å². The summed E-state index contributed by atoms with van der Waals surface area (Å²) in [5.41, 5.74) is 0. The molecule has 0 saturated carbocycles. The minimum atomic E-state index is -0.706. The predicted molar refractivity (Wildman–Crippen MR) is 109 cm³/mol. The molecule has 4 nitrogen and oxygen atoms in total. The molecule has 2 rings (SSSR count). The lowest BCUT2D eigenvalue weighted by Gasteiger charge is -2.15. The fourth-order valence-corrected chi connectivity index (χ4v) is 2.85. The Morgan fingerprint density at radius 1 is 1.28 bits per heavy atom. The zero-order valence-corrected chi connectivity index (χ0v) is 17.2. The zero-order valence-electron chi connectivity index (χ0n) is 14.1. The molecule has 2 aromatic rings. The number of aliphatic imine (C=N–C) groups is 1. The SMILES string of the molecule is CN=C(NCCOc1ccc(F)cc1F)NCC(C)c1cccs1.I. The minimum Gasteiger partial charge on any atom is -0.489 e. The van der Waals surface area contributed by atoms with Gasteiger partial charge in [0, 0.05) is 30.5 Å². The fraction of sp³-hybridized carbons (Fsp3) is 0.353. The standard InChI is InChI=1S/C17H21F2N3OS.HI/c1-12(16-4-3-9-24-16)11-22-17(20-2)21-7-8-23-15-6-5-13(18)10-14(15)19;/h3-6,9-10,12H,7-8,11H2,1-2H3,(H2,20,21,22);1H. The summed E-state index contributed by atoms with van der Waals surface area (Å²) in [6.07, 6.45) is 0. The van der Waals surface area contributed by atoms with Crippen LogP contribution in [-0.2, 0) is 0 Å². The molecule has 0 amide bonds. The quantitative estimate of drug-likeness (QED) is 0.272. The summed E-state index contributed by atoms with van der Waals surface area (Å²) < 4.78 is 31.5. The molecule has 0 fully saturated rings. The molecule has 0 aliphatic rings. The number of rotatable bonds is 7. The molecule has 0 aliphatic heterocycles. The maximum atomic E-state index is 13.4. The number of thiophene rings is 1. The Bertz CT molecular complexity index is 668. The lowest BCUT2D eigenvalue weighted by atomic mass is 10.1. The molecular formula is C17H22F2IN3OS. The molecule has 0 aliphatic carbocycles. The van der Waals surface area contributed by atoms with Gasteiger partial charge in [0.2, 0.25) is 0 Å². The minimum absolute atomic E-state index is 0. The Morgan fingerprint density at radius 2 is 2.08 bits per heavy atom. The van der Waals surface area contributed by atoms with Crippen molar-refractivity contribution in [2.24, 2.45) is 4.99 Å². The van der Waals surface area contributed by atoms with Crippen LogP contribution in [0.4, 0.5) is 8.78 Å². The zero-order chi connectivity index (χ0) is 17.4. The lowest BCUT2D eigenvalue weighted by molar-refractivity contribution is 0.304. The van der Waals surface area contributed by atoms with E-state index in [9.17, 15) is 8.78 Å². The van der Waals surface area contributed by atoms with E-state index >= 15 is 0 Å². The van der Waals surface area contributed by atoms with E-state index in [0.717, 1.165) is 18.7 Å². The van der Waals surface area contributed by atoms with Crippen LogP contribution in [0.15, 0.2) is 40.7 Å². The first-order chi connectivity index (χ1) is 11.6.